The van der Waals surface area contributed by atoms with E-state index < -0.39 is 35.8 Å². The number of amides is 2. The number of rotatable bonds is 15. The molecule has 0 aromatic heterocycles. The summed E-state index contributed by atoms with van der Waals surface area (Å²) in [7, 11) is 1.42. The van der Waals surface area contributed by atoms with Crippen molar-refractivity contribution in [2.45, 2.75) is 70.6 Å². The van der Waals surface area contributed by atoms with E-state index in [1.807, 2.05) is 22.6 Å². The third-order valence-electron chi connectivity index (χ3n) is 6.33. The summed E-state index contributed by atoms with van der Waals surface area (Å²) in [6, 6.07) is 2.20. The number of nitrogens with zero attached hydrogens (tertiary/aromatic N) is 1. The maximum absolute atomic E-state index is 13.1. The number of nitrogens with one attached hydrogen (secondary N) is 1. The van der Waals surface area contributed by atoms with Gasteiger partial charge in [0.15, 0.2) is 11.5 Å². The highest BCUT2D eigenvalue weighted by molar-refractivity contribution is 14.1. The Balaban J connectivity index is 2.50. The van der Waals surface area contributed by atoms with Crippen molar-refractivity contribution in [3.8, 4) is 11.5 Å². The average Bonchev–Trinajstić information content (AvgIpc) is 2.92. The number of methoxy groups -OCH3 is 1. The van der Waals surface area contributed by atoms with E-state index >= 15 is 0 Å². The molecule has 2 rings (SSSR count). The predicted octanol–water partition coefficient (Wildman–Crippen LogP) is 2.42. The molecule has 38 heavy (non-hydrogen) atoms. The second-order valence-electron chi connectivity index (χ2n) is 9.00. The lowest BCUT2D eigenvalue weighted by Crippen LogP contribution is -2.56. The van der Waals surface area contributed by atoms with Crippen LogP contribution in [0.4, 0.5) is 0 Å². The number of carbonyl (C=O) groups excluding carboxylic acids is 4. The fraction of sp³-hybridized carbons (Fsp3) is 0.556. The van der Waals surface area contributed by atoms with Crippen molar-refractivity contribution in [2.24, 2.45) is 0 Å². The summed E-state index contributed by atoms with van der Waals surface area (Å²) in [5, 5.41) is 23.2. The highest BCUT2D eigenvalue weighted by Gasteiger charge is 2.41. The van der Waals surface area contributed by atoms with E-state index in [1.165, 1.54) is 24.2 Å². The van der Waals surface area contributed by atoms with Gasteiger partial charge in [0.25, 0.3) is 5.91 Å². The SMILES string of the molecule is CCCCCCN(C(=O)C(=O)CC)[C@@H]1CC(C(=O)NCCO)=C[C@H](Oc2c(I)cc(C=O)cc2OC)[C@H]1O. The second-order valence-corrected chi connectivity index (χ2v) is 10.2. The van der Waals surface area contributed by atoms with Crippen molar-refractivity contribution in [1.82, 2.24) is 10.2 Å². The number of Topliss-reactive ketones (excluding diaryl/α,β-unsaturated/α-hetero) is 1. The van der Waals surface area contributed by atoms with Crippen molar-refractivity contribution >= 4 is 46.5 Å². The number of hydrogen-bond acceptors (Lipinski definition) is 8. The first-order chi connectivity index (χ1) is 18.2. The molecular formula is C27H37IN2O8. The van der Waals surface area contributed by atoms with Gasteiger partial charge in [0.2, 0.25) is 11.7 Å². The highest BCUT2D eigenvalue weighted by atomic mass is 127. The van der Waals surface area contributed by atoms with Crippen molar-refractivity contribution in [3.63, 3.8) is 0 Å². The number of aliphatic hydroxyl groups excluding tert-OH is 2. The maximum atomic E-state index is 13.1. The topological polar surface area (TPSA) is 142 Å². The molecule has 3 N–H and O–H groups in total. The molecule has 0 heterocycles. The number of aliphatic hydroxyl groups is 2. The highest BCUT2D eigenvalue weighted by Crippen LogP contribution is 2.37. The molecular weight excluding hydrogens is 607 g/mol. The van der Waals surface area contributed by atoms with Gasteiger partial charge < -0.3 is 29.9 Å². The summed E-state index contributed by atoms with van der Waals surface area (Å²) in [5.74, 6) is -1.22. The molecule has 0 unspecified atom stereocenters. The van der Waals surface area contributed by atoms with E-state index in [2.05, 4.69) is 12.2 Å². The Hall–Kier alpha value is -2.51. The third kappa shape index (κ3) is 8.24. The molecule has 0 saturated heterocycles. The van der Waals surface area contributed by atoms with Crippen LogP contribution < -0.4 is 14.8 Å². The smallest absolute Gasteiger partial charge is 0.290 e. The van der Waals surface area contributed by atoms with Gasteiger partial charge in [-0.1, -0.05) is 33.1 Å². The van der Waals surface area contributed by atoms with Crippen LogP contribution in [0.2, 0.25) is 0 Å². The number of ether oxygens (including phenoxy) is 2. The average molecular weight is 645 g/mol. The van der Waals surface area contributed by atoms with Gasteiger partial charge in [-0.15, -0.1) is 0 Å². The predicted molar refractivity (Wildman–Crippen MR) is 149 cm³/mol. The van der Waals surface area contributed by atoms with Crippen LogP contribution >= 0.6 is 22.6 Å². The quantitative estimate of drug-likeness (QED) is 0.114. The zero-order valence-electron chi connectivity index (χ0n) is 22.1. The lowest BCUT2D eigenvalue weighted by molar-refractivity contribution is -0.149. The van der Waals surface area contributed by atoms with Crippen LogP contribution in [0.5, 0.6) is 11.5 Å². The molecule has 2 amide bonds. The summed E-state index contributed by atoms with van der Waals surface area (Å²) in [4.78, 5) is 51.1. The van der Waals surface area contributed by atoms with E-state index in [4.69, 9.17) is 14.6 Å². The third-order valence-corrected chi connectivity index (χ3v) is 7.13. The second kappa shape index (κ2) is 15.8. The summed E-state index contributed by atoms with van der Waals surface area (Å²) in [5.41, 5.74) is 0.634. The maximum Gasteiger partial charge on any atom is 0.290 e. The molecule has 0 saturated carbocycles. The van der Waals surface area contributed by atoms with Crippen molar-refractivity contribution in [2.75, 3.05) is 26.8 Å². The molecule has 210 valence electrons. The van der Waals surface area contributed by atoms with Gasteiger partial charge in [-0.2, -0.15) is 0 Å². The number of halogens is 1. The number of hydrogen-bond donors (Lipinski definition) is 3. The number of benzene rings is 1. The molecule has 0 aliphatic heterocycles. The lowest BCUT2D eigenvalue weighted by Gasteiger charge is -2.40. The zero-order chi connectivity index (χ0) is 28.2. The van der Waals surface area contributed by atoms with Crippen LogP contribution in [0.15, 0.2) is 23.8 Å². The van der Waals surface area contributed by atoms with Crippen LogP contribution in [-0.4, -0.2) is 84.1 Å². The fourth-order valence-corrected chi connectivity index (χ4v) is 5.03. The Kier molecular flexibility index (Phi) is 13.2. The van der Waals surface area contributed by atoms with Crippen molar-refractivity contribution in [1.29, 1.82) is 0 Å². The van der Waals surface area contributed by atoms with E-state index in [9.17, 15) is 24.3 Å². The molecule has 0 fully saturated rings. The van der Waals surface area contributed by atoms with E-state index in [0.29, 0.717) is 21.8 Å². The number of ketones is 1. The van der Waals surface area contributed by atoms with Gasteiger partial charge in [-0.05, 0) is 47.2 Å². The molecule has 1 aliphatic rings. The van der Waals surface area contributed by atoms with Gasteiger partial charge in [0.05, 0.1) is 23.3 Å². The van der Waals surface area contributed by atoms with Gasteiger partial charge in [-0.25, -0.2) is 0 Å². The Morgan fingerprint density at radius 3 is 2.55 bits per heavy atom. The van der Waals surface area contributed by atoms with Crippen molar-refractivity contribution < 1.29 is 38.9 Å². The van der Waals surface area contributed by atoms with Crippen LogP contribution in [-0.2, 0) is 14.4 Å². The number of unbranched alkanes of at least 4 members (excludes halogenated alkanes) is 3. The molecule has 0 spiro atoms. The van der Waals surface area contributed by atoms with Crippen molar-refractivity contribution in [3.05, 3.63) is 32.9 Å². The minimum absolute atomic E-state index is 0.00705. The molecule has 0 radical (unpaired) electrons. The molecule has 1 aromatic carbocycles. The molecule has 11 heteroatoms. The summed E-state index contributed by atoms with van der Waals surface area (Å²) < 4.78 is 12.1. The first kappa shape index (κ1) is 31.7. The molecule has 1 aromatic rings. The lowest BCUT2D eigenvalue weighted by atomic mass is 9.87. The first-order valence-electron chi connectivity index (χ1n) is 12.8. The van der Waals surface area contributed by atoms with Crippen LogP contribution in [0.3, 0.4) is 0 Å². The van der Waals surface area contributed by atoms with Crippen LogP contribution in [0.25, 0.3) is 0 Å². The van der Waals surface area contributed by atoms with E-state index in [1.54, 1.807) is 13.0 Å². The standard InChI is InChI=1S/C27H37IN2O8/c1-4-6-7-8-10-30(27(36)21(33)5-2)20-14-18(26(35)29-9-11-31)15-22(24(20)34)38-25-19(28)12-17(16-32)13-23(25)37-3/h12-13,15-16,20,22,24,31,34H,4-11,14H2,1-3H3,(H,29,35)/t20-,22+,24+/m1/s1. The largest absolute Gasteiger partial charge is 0.493 e. The Labute approximate surface area is 236 Å². The molecule has 3 atom stereocenters. The Morgan fingerprint density at radius 1 is 1.21 bits per heavy atom. The fourth-order valence-electron chi connectivity index (χ4n) is 4.28. The summed E-state index contributed by atoms with van der Waals surface area (Å²) >= 11 is 1.99. The molecule has 10 nitrogen and oxygen atoms in total. The van der Waals surface area contributed by atoms with Gasteiger partial charge in [0.1, 0.15) is 18.5 Å². The molecule has 1 aliphatic carbocycles. The summed E-state index contributed by atoms with van der Waals surface area (Å²) in [6.07, 6.45) is 3.29. The zero-order valence-corrected chi connectivity index (χ0v) is 24.2. The first-order valence-corrected chi connectivity index (χ1v) is 13.9. The van der Waals surface area contributed by atoms with Gasteiger partial charge >= 0.3 is 0 Å². The minimum Gasteiger partial charge on any atom is -0.493 e. The van der Waals surface area contributed by atoms with Gasteiger partial charge in [-0.3, -0.25) is 19.2 Å². The summed E-state index contributed by atoms with van der Waals surface area (Å²) in [6.45, 7) is 3.69. The number of carbonyl (C=O) groups is 4. The van der Waals surface area contributed by atoms with Crippen LogP contribution in [0, 0.1) is 3.57 Å². The van der Waals surface area contributed by atoms with Crippen LogP contribution in [0.1, 0.15) is 62.7 Å². The van der Waals surface area contributed by atoms with E-state index in [0.717, 1.165) is 19.3 Å². The molecule has 0 bridgehead atoms. The normalized spacial score (nSPS) is 18.8. The van der Waals surface area contributed by atoms with Gasteiger partial charge in [0, 0.05) is 37.1 Å². The minimum atomic E-state index is -1.27. The Bertz CT molecular complexity index is 1030. The van der Waals surface area contributed by atoms with E-state index in [-0.39, 0.29) is 49.6 Å². The Morgan fingerprint density at radius 2 is 1.95 bits per heavy atom. The number of aldehydes is 1. The monoisotopic (exact) mass is 644 g/mol.